The molecule has 0 N–H and O–H groups in total. The molecule has 0 aromatic rings. The van der Waals surface area contributed by atoms with Crippen LogP contribution in [0.25, 0.3) is 0 Å². The molecule has 0 aromatic heterocycles. The van der Waals surface area contributed by atoms with Crippen LogP contribution >= 0.6 is 0 Å². The summed E-state index contributed by atoms with van der Waals surface area (Å²) >= 11 is 0. The minimum Gasteiger partial charge on any atom is -0.303 e. The summed E-state index contributed by atoms with van der Waals surface area (Å²) in [7, 11) is 0. The maximum Gasteiger partial charge on any atom is 0.124 e. The van der Waals surface area contributed by atoms with E-state index in [-0.39, 0.29) is 17.3 Å². The Bertz CT molecular complexity index is 321. The SMILES string of the molecule is CC1(C)CCCC2(C)C(C=O)C(C=O)CCC12. The molecule has 2 aliphatic rings. The Hall–Kier alpha value is -0.660. The van der Waals surface area contributed by atoms with Crippen LogP contribution in [0.4, 0.5) is 0 Å². The van der Waals surface area contributed by atoms with E-state index in [0.29, 0.717) is 11.3 Å². The zero-order valence-electron chi connectivity index (χ0n) is 11.2. The van der Waals surface area contributed by atoms with Gasteiger partial charge in [0, 0.05) is 11.8 Å². The van der Waals surface area contributed by atoms with Gasteiger partial charge >= 0.3 is 0 Å². The maximum absolute atomic E-state index is 11.4. The van der Waals surface area contributed by atoms with Crippen molar-refractivity contribution in [3.63, 3.8) is 0 Å². The van der Waals surface area contributed by atoms with Crippen LogP contribution in [0.3, 0.4) is 0 Å². The molecule has 2 nitrogen and oxygen atoms in total. The molecule has 96 valence electrons. The number of hydrogen-bond acceptors (Lipinski definition) is 2. The van der Waals surface area contributed by atoms with E-state index in [1.807, 2.05) is 0 Å². The number of rotatable bonds is 2. The number of hydrogen-bond donors (Lipinski definition) is 0. The van der Waals surface area contributed by atoms with Crippen molar-refractivity contribution in [3.05, 3.63) is 0 Å². The lowest BCUT2D eigenvalue weighted by Crippen LogP contribution is -2.52. The van der Waals surface area contributed by atoms with Gasteiger partial charge in [0.1, 0.15) is 12.6 Å². The molecule has 0 spiro atoms. The van der Waals surface area contributed by atoms with Gasteiger partial charge in [-0.1, -0.05) is 27.2 Å². The fourth-order valence-corrected chi connectivity index (χ4v) is 4.72. The minimum atomic E-state index is -0.0571. The summed E-state index contributed by atoms with van der Waals surface area (Å²) in [6, 6.07) is 0. The van der Waals surface area contributed by atoms with Crippen molar-refractivity contribution in [1.82, 2.24) is 0 Å². The molecule has 2 heteroatoms. The fourth-order valence-electron chi connectivity index (χ4n) is 4.72. The molecular formula is C15H24O2. The van der Waals surface area contributed by atoms with Crippen molar-refractivity contribution < 1.29 is 9.59 Å². The quantitative estimate of drug-likeness (QED) is 0.690. The van der Waals surface area contributed by atoms with E-state index in [9.17, 15) is 9.59 Å². The highest BCUT2D eigenvalue weighted by Gasteiger charge is 2.54. The van der Waals surface area contributed by atoms with Crippen LogP contribution < -0.4 is 0 Å². The topological polar surface area (TPSA) is 34.1 Å². The Morgan fingerprint density at radius 2 is 1.71 bits per heavy atom. The van der Waals surface area contributed by atoms with Gasteiger partial charge in [-0.3, -0.25) is 0 Å². The molecule has 4 unspecified atom stereocenters. The molecule has 0 bridgehead atoms. The van der Waals surface area contributed by atoms with E-state index >= 15 is 0 Å². The van der Waals surface area contributed by atoms with Crippen LogP contribution in [0.2, 0.25) is 0 Å². The second-order valence-electron chi connectivity index (χ2n) is 6.94. The first kappa shape index (κ1) is 12.8. The maximum atomic E-state index is 11.4. The van der Waals surface area contributed by atoms with Crippen LogP contribution in [0.1, 0.15) is 52.9 Å². The van der Waals surface area contributed by atoms with Gasteiger partial charge in [-0.05, 0) is 42.4 Å². The molecule has 2 aliphatic carbocycles. The summed E-state index contributed by atoms with van der Waals surface area (Å²) in [5, 5.41) is 0. The highest BCUT2D eigenvalue weighted by Crippen LogP contribution is 2.60. The molecule has 2 saturated carbocycles. The van der Waals surface area contributed by atoms with Gasteiger partial charge in [-0.25, -0.2) is 0 Å². The number of fused-ring (bicyclic) bond motifs is 1. The highest BCUT2D eigenvalue weighted by molar-refractivity contribution is 5.66. The van der Waals surface area contributed by atoms with E-state index in [2.05, 4.69) is 20.8 Å². The summed E-state index contributed by atoms with van der Waals surface area (Å²) in [6.45, 7) is 6.91. The molecule has 0 aromatic carbocycles. The standard InChI is InChI=1S/C15H24O2/c1-14(2)7-4-8-15(3)12(10-17)11(9-16)5-6-13(14)15/h9-13H,4-8H2,1-3H3. The Kier molecular flexibility index (Phi) is 3.17. The van der Waals surface area contributed by atoms with Crippen molar-refractivity contribution in [3.8, 4) is 0 Å². The zero-order valence-corrected chi connectivity index (χ0v) is 11.2. The van der Waals surface area contributed by atoms with Crippen molar-refractivity contribution >= 4 is 12.6 Å². The Balaban J connectivity index is 2.36. The van der Waals surface area contributed by atoms with Gasteiger partial charge in [0.15, 0.2) is 0 Å². The van der Waals surface area contributed by atoms with Gasteiger partial charge in [0.25, 0.3) is 0 Å². The smallest absolute Gasteiger partial charge is 0.124 e. The van der Waals surface area contributed by atoms with Crippen molar-refractivity contribution in [1.29, 1.82) is 0 Å². The van der Waals surface area contributed by atoms with E-state index < -0.39 is 0 Å². The van der Waals surface area contributed by atoms with Crippen LogP contribution in [0, 0.1) is 28.6 Å². The summed E-state index contributed by atoms with van der Waals surface area (Å²) in [6.07, 6.45) is 7.64. The third-order valence-corrected chi connectivity index (χ3v) is 5.61. The first-order valence-corrected chi connectivity index (χ1v) is 6.86. The molecule has 0 amide bonds. The number of aldehydes is 2. The first-order valence-electron chi connectivity index (χ1n) is 6.86. The average Bonchev–Trinajstić information content (AvgIpc) is 2.26. The molecule has 0 aliphatic heterocycles. The largest absolute Gasteiger partial charge is 0.303 e. The van der Waals surface area contributed by atoms with Crippen molar-refractivity contribution in [2.75, 3.05) is 0 Å². The third kappa shape index (κ3) is 1.86. The molecule has 0 heterocycles. The molecule has 2 rings (SSSR count). The molecule has 2 fully saturated rings. The lowest BCUT2D eigenvalue weighted by molar-refractivity contribution is -0.140. The fraction of sp³-hybridized carbons (Fsp3) is 0.867. The molecule has 0 radical (unpaired) electrons. The predicted octanol–water partition coefficient (Wildman–Crippen LogP) is 3.24. The van der Waals surface area contributed by atoms with Crippen molar-refractivity contribution in [2.24, 2.45) is 28.6 Å². The van der Waals surface area contributed by atoms with E-state index in [1.54, 1.807) is 0 Å². The van der Waals surface area contributed by atoms with Gasteiger partial charge in [-0.15, -0.1) is 0 Å². The average molecular weight is 236 g/mol. The van der Waals surface area contributed by atoms with Gasteiger partial charge < -0.3 is 9.59 Å². The van der Waals surface area contributed by atoms with Crippen molar-refractivity contribution in [2.45, 2.75) is 52.9 Å². The summed E-state index contributed by atoms with van der Waals surface area (Å²) < 4.78 is 0. The van der Waals surface area contributed by atoms with E-state index in [1.165, 1.54) is 12.8 Å². The third-order valence-electron chi connectivity index (χ3n) is 5.61. The molecular weight excluding hydrogens is 212 g/mol. The minimum absolute atomic E-state index is 0.0392. The van der Waals surface area contributed by atoms with Crippen LogP contribution in [0.15, 0.2) is 0 Å². The van der Waals surface area contributed by atoms with E-state index in [0.717, 1.165) is 31.8 Å². The molecule has 4 atom stereocenters. The Labute approximate surface area is 104 Å². The molecule has 0 saturated heterocycles. The zero-order chi connectivity index (χ0) is 12.7. The highest BCUT2D eigenvalue weighted by atomic mass is 16.1. The lowest BCUT2D eigenvalue weighted by atomic mass is 9.47. The van der Waals surface area contributed by atoms with Crippen LogP contribution in [0.5, 0.6) is 0 Å². The lowest BCUT2D eigenvalue weighted by Gasteiger charge is -2.57. The van der Waals surface area contributed by atoms with Crippen LogP contribution in [-0.2, 0) is 9.59 Å². The number of carbonyl (C=O) groups excluding carboxylic acids is 2. The second kappa shape index (κ2) is 4.22. The van der Waals surface area contributed by atoms with E-state index in [4.69, 9.17) is 0 Å². The van der Waals surface area contributed by atoms with Gasteiger partial charge in [-0.2, -0.15) is 0 Å². The predicted molar refractivity (Wildman–Crippen MR) is 67.6 cm³/mol. The summed E-state index contributed by atoms with van der Waals surface area (Å²) in [5.74, 6) is 0.496. The number of carbonyl (C=O) groups is 2. The normalized spacial score (nSPS) is 44.8. The van der Waals surface area contributed by atoms with Gasteiger partial charge in [0.2, 0.25) is 0 Å². The summed E-state index contributed by atoms with van der Waals surface area (Å²) in [4.78, 5) is 22.6. The first-order chi connectivity index (χ1) is 7.95. The summed E-state index contributed by atoms with van der Waals surface area (Å²) in [5.41, 5.74) is 0.370. The Morgan fingerprint density at radius 1 is 1.00 bits per heavy atom. The molecule has 17 heavy (non-hydrogen) atoms. The van der Waals surface area contributed by atoms with Crippen LogP contribution in [-0.4, -0.2) is 12.6 Å². The Morgan fingerprint density at radius 3 is 2.29 bits per heavy atom. The second-order valence-corrected chi connectivity index (χ2v) is 6.94. The monoisotopic (exact) mass is 236 g/mol. The van der Waals surface area contributed by atoms with Gasteiger partial charge in [0.05, 0.1) is 0 Å².